The van der Waals surface area contributed by atoms with Gasteiger partial charge in [0.05, 0.1) is 89.2 Å². The van der Waals surface area contributed by atoms with Crippen molar-refractivity contribution >= 4 is 122 Å². The van der Waals surface area contributed by atoms with E-state index in [2.05, 4.69) is 70.5 Å². The lowest BCUT2D eigenvalue weighted by molar-refractivity contribution is -0.123. The van der Waals surface area contributed by atoms with Crippen molar-refractivity contribution in [1.82, 2.24) is 98.6 Å². The molecule has 650 valence electrons. The lowest BCUT2D eigenvalue weighted by Gasteiger charge is -2.24. The van der Waals surface area contributed by atoms with E-state index in [0.29, 0.717) is 45.6 Å². The number of pyridine rings is 2. The fourth-order valence-corrected chi connectivity index (χ4v) is 18.5. The molecule has 4 N–H and O–H groups in total. The zero-order chi connectivity index (χ0) is 89.4. The first-order valence-corrected chi connectivity index (χ1v) is 42.5. The SMILES string of the molecule is Cc1ncn(-c2ccc3c(=O)n(-c4ccc(Cl)c5c(NS(C)(=O)=O)nn(C)c45)c([C@H](Cc4cc(F)cc(F)c4)NC(=O)Cn4nc(C(F)F)c5c4C(F)(F)[C@@H]4C[C@H]54)nc3n2)n1.Cn1nc(NS(C)(=O)=O)c2c(Cl)ccc(-n3c([C@H](Cc4cc(F)cc(F)c4)NC(=O)Cn4nc(C(F)F)c5c4C(F)(F)[C@@H]4C[C@H]54)nc4nc(-c5cnc(C(C)(F)F)s5)ccc4c3=O)c21. The number of nitrogens with one attached hydrogen (secondary N) is 4. The molecule has 4 aliphatic carbocycles. The molecule has 0 bridgehead atoms. The van der Waals surface area contributed by atoms with Crippen LogP contribution in [0.1, 0.15) is 124 Å². The van der Waals surface area contributed by atoms with E-state index in [4.69, 9.17) is 28.2 Å². The normalized spacial score (nSPS) is 17.2. The van der Waals surface area contributed by atoms with Crippen LogP contribution in [0.4, 0.5) is 73.1 Å². The minimum atomic E-state index is -3.96. The smallest absolute Gasteiger partial charge is 0.296 e. The highest BCUT2D eigenvalue weighted by molar-refractivity contribution is 7.92. The molecule has 10 heterocycles. The summed E-state index contributed by atoms with van der Waals surface area (Å²) in [5.74, 6) is -21.5. The fraction of sp³-hybridized carbons (Fsp3) is 0.303. The Morgan fingerprint density at radius 2 is 1.02 bits per heavy atom. The van der Waals surface area contributed by atoms with Gasteiger partial charge in [-0.15, -0.1) is 11.3 Å². The lowest BCUT2D eigenvalue weighted by Crippen LogP contribution is -2.38. The van der Waals surface area contributed by atoms with Gasteiger partial charge < -0.3 is 10.6 Å². The second-order valence-corrected chi connectivity index (χ2v) is 35.7. The van der Waals surface area contributed by atoms with Crippen LogP contribution in [0.3, 0.4) is 0 Å². The zero-order valence-corrected chi connectivity index (χ0v) is 68.6. The second kappa shape index (κ2) is 30.5. The van der Waals surface area contributed by atoms with Gasteiger partial charge in [0.1, 0.15) is 82.9 Å². The number of nitrogens with zero attached hydrogens (tertiary/aromatic N) is 18. The van der Waals surface area contributed by atoms with E-state index < -0.39 is 192 Å². The Kier molecular flexibility index (Phi) is 20.7. The number of aryl methyl sites for hydroxylation is 3. The van der Waals surface area contributed by atoms with Crippen molar-refractivity contribution in [3.8, 4) is 27.8 Å². The summed E-state index contributed by atoms with van der Waals surface area (Å²) in [6, 6.07) is 12.6. The molecule has 0 aliphatic heterocycles. The predicted octanol–water partition coefficient (Wildman–Crippen LogP) is 13.0. The molecule has 14 aromatic rings. The molecule has 0 spiro atoms. The van der Waals surface area contributed by atoms with Crippen molar-refractivity contribution in [3.63, 3.8) is 0 Å². The van der Waals surface area contributed by atoms with E-state index in [9.17, 15) is 79.9 Å². The van der Waals surface area contributed by atoms with Crippen molar-refractivity contribution in [3.05, 3.63) is 219 Å². The molecule has 4 aliphatic rings. The number of thiazole rings is 1. The van der Waals surface area contributed by atoms with E-state index in [1.54, 1.807) is 6.92 Å². The Balaban J connectivity index is 0.000000177. The molecular formula is C76H58Cl2F14N22O8S3. The largest absolute Gasteiger partial charge is 0.344 e. The molecule has 0 saturated heterocycles. The molecule has 30 nitrogen and oxygen atoms in total. The highest BCUT2D eigenvalue weighted by Crippen LogP contribution is 2.69. The summed E-state index contributed by atoms with van der Waals surface area (Å²) in [5.41, 5.74) is -6.39. The van der Waals surface area contributed by atoms with Crippen molar-refractivity contribution in [1.29, 1.82) is 0 Å². The number of aromatic nitrogens is 18. The number of hydrogen-bond acceptors (Lipinski definition) is 20. The third-order valence-corrected chi connectivity index (χ3v) is 24.2. The number of anilines is 2. The Bertz CT molecular complexity index is 7260. The summed E-state index contributed by atoms with van der Waals surface area (Å²) in [5, 5.41) is 24.6. The van der Waals surface area contributed by atoms with Gasteiger partial charge in [-0.25, -0.2) is 86.5 Å². The highest BCUT2D eigenvalue weighted by atomic mass is 35.5. The molecule has 6 atom stereocenters. The number of alkyl halides is 10. The van der Waals surface area contributed by atoms with Gasteiger partial charge >= 0.3 is 0 Å². The maximum absolute atomic E-state index is 15.5. The standard InChI is InChI=1S/C39H29ClF8N10O4S2.C37H29ClF6N12O4S/c1-38(45,46)37-49-13-25(63-37)22-6-4-18-33(51-22)52-35(58(36(18)60)24-7-5-21(40)28-30(24)56(2)54-34(28)55-64(3,61)62)23(10-15-8-16(41)11-17(42)9-15)50-26(59)14-57-31-27(29(53-57)32(43)44)19-12-20(19)39(31,47)48;1-15-45-14-55(49-15)25-7-4-19-33(47-25)48-35(56(36(19)58)24-6-5-22(38)28-30(24)53(2)51-34(28)52-61(3,59)60)23(10-16-8-17(39)11-18(40)9-16)46-26(57)13-54-31-27(29(50-54)32(41)42)20-12-21(20)37(31,43)44/h4-9,11,13,19-20,23,32H,10,12,14H2,1-3H3,(H,50,59)(H,54,55);4-9,11,14,20-21,23,32H,10,12-13H2,1-3H3,(H,46,57)(H,51,52)/t19-,20+,23-;20-,21+,23-/m00/s1. The van der Waals surface area contributed by atoms with Gasteiger partial charge in [-0.3, -0.25) is 56.5 Å². The number of benzene rings is 4. The molecule has 4 aromatic carbocycles. The lowest BCUT2D eigenvalue weighted by atomic mass is 10.0. The maximum atomic E-state index is 15.5. The Morgan fingerprint density at radius 1 is 0.592 bits per heavy atom. The number of fused-ring (bicyclic) bond motifs is 10. The molecule has 0 unspecified atom stereocenters. The Labute approximate surface area is 706 Å². The monoisotopic (exact) mass is 1840 g/mol. The number of amides is 2. The van der Waals surface area contributed by atoms with Gasteiger partial charge in [0.2, 0.25) is 31.9 Å². The molecule has 2 fully saturated rings. The van der Waals surface area contributed by atoms with Crippen LogP contribution in [0.15, 0.2) is 107 Å². The second-order valence-electron chi connectivity index (χ2n) is 30.3. The van der Waals surface area contributed by atoms with Crippen LogP contribution in [0.5, 0.6) is 0 Å². The molecule has 49 heteroatoms. The molecular weight excluding hydrogens is 1780 g/mol. The topological polar surface area (TPSA) is 361 Å². The zero-order valence-electron chi connectivity index (χ0n) is 64.7. The van der Waals surface area contributed by atoms with E-state index in [1.165, 1.54) is 83.0 Å². The van der Waals surface area contributed by atoms with Crippen LogP contribution in [0.2, 0.25) is 10.0 Å². The first-order chi connectivity index (χ1) is 58.8. The fourth-order valence-electron chi connectivity index (χ4n) is 16.2. The van der Waals surface area contributed by atoms with Crippen LogP contribution in [-0.2, 0) is 87.4 Å². The number of hydrogen-bond donors (Lipinski definition) is 4. The first-order valence-electron chi connectivity index (χ1n) is 37.2. The van der Waals surface area contributed by atoms with Gasteiger partial charge in [-0.2, -0.15) is 51.8 Å². The predicted molar refractivity (Wildman–Crippen MR) is 422 cm³/mol. The summed E-state index contributed by atoms with van der Waals surface area (Å²) in [6.07, 6.45) is -3.32. The van der Waals surface area contributed by atoms with Crippen LogP contribution in [0, 0.1) is 42.0 Å². The van der Waals surface area contributed by atoms with Crippen molar-refractivity contribution in [2.45, 2.75) is 107 Å². The average molecular weight is 1840 g/mol. The van der Waals surface area contributed by atoms with Crippen molar-refractivity contribution in [2.24, 2.45) is 25.9 Å². The highest BCUT2D eigenvalue weighted by Gasteiger charge is 2.68. The Hall–Kier alpha value is -12.4. The number of halogens is 16. The van der Waals surface area contributed by atoms with Crippen LogP contribution in [0.25, 0.3) is 71.6 Å². The van der Waals surface area contributed by atoms with Gasteiger partial charge in [-0.1, -0.05) is 23.2 Å². The quantitative estimate of drug-likeness (QED) is 0.0432. The van der Waals surface area contributed by atoms with Crippen LogP contribution >= 0.6 is 34.5 Å². The summed E-state index contributed by atoms with van der Waals surface area (Å²) in [4.78, 5) is 84.5. The number of carbonyl (C=O) groups excluding carboxylic acids is 2. The first kappa shape index (κ1) is 84.8. The van der Waals surface area contributed by atoms with Crippen molar-refractivity contribution < 1.29 is 87.9 Å². The number of carbonyl (C=O) groups is 2. The van der Waals surface area contributed by atoms with E-state index >= 15 is 17.6 Å². The molecule has 125 heavy (non-hydrogen) atoms. The van der Waals surface area contributed by atoms with E-state index in [0.717, 1.165) is 52.1 Å². The van der Waals surface area contributed by atoms with Gasteiger partial charge in [-0.05, 0) is 116 Å². The summed E-state index contributed by atoms with van der Waals surface area (Å²) < 4.78 is 267. The van der Waals surface area contributed by atoms with Gasteiger partial charge in [0.25, 0.3) is 41.7 Å². The van der Waals surface area contributed by atoms with E-state index in [-0.39, 0.29) is 134 Å². The maximum Gasteiger partial charge on any atom is 0.296 e. The van der Waals surface area contributed by atoms with Gasteiger partial charge in [0, 0.05) is 75.2 Å². The minimum Gasteiger partial charge on any atom is -0.344 e. The Morgan fingerprint density at radius 3 is 1.42 bits per heavy atom. The van der Waals surface area contributed by atoms with Crippen LogP contribution in [-0.4, -0.2) is 129 Å². The van der Waals surface area contributed by atoms with Crippen LogP contribution < -0.4 is 31.2 Å². The third-order valence-electron chi connectivity index (χ3n) is 21.3. The van der Waals surface area contributed by atoms with Gasteiger partial charge in [0.15, 0.2) is 33.8 Å². The summed E-state index contributed by atoms with van der Waals surface area (Å²) >= 11 is 13.8. The summed E-state index contributed by atoms with van der Waals surface area (Å²) in [6.45, 7) is 0.228. The minimum absolute atomic E-state index is 0.00127. The molecule has 18 rings (SSSR count). The molecule has 2 amide bonds. The molecule has 2 saturated carbocycles. The average Bonchev–Trinajstić information content (AvgIpc) is 1.52. The number of rotatable bonds is 23. The molecule has 10 aromatic heterocycles. The summed E-state index contributed by atoms with van der Waals surface area (Å²) in [7, 11) is -5.04. The number of sulfonamides is 2. The van der Waals surface area contributed by atoms with E-state index in [1.807, 2.05) is 0 Å². The van der Waals surface area contributed by atoms with Crippen molar-refractivity contribution in [2.75, 3.05) is 22.0 Å². The third kappa shape index (κ3) is 15.6. The molecule has 0 radical (unpaired) electrons.